The van der Waals surface area contributed by atoms with Gasteiger partial charge in [0.05, 0.1) is 13.2 Å². The first kappa shape index (κ1) is 14.4. The molecule has 1 aromatic rings. The highest BCUT2D eigenvalue weighted by Crippen LogP contribution is 2.38. The molecular formula is C17H23NO3. The summed E-state index contributed by atoms with van der Waals surface area (Å²) in [5.74, 6) is 1.38. The lowest BCUT2D eigenvalue weighted by atomic mass is 9.77. The number of hydrogen-bond acceptors (Lipinski definition) is 4. The quantitative estimate of drug-likeness (QED) is 0.866. The van der Waals surface area contributed by atoms with E-state index in [1.165, 1.54) is 12.7 Å². The van der Waals surface area contributed by atoms with Gasteiger partial charge in [-0.05, 0) is 31.7 Å². The van der Waals surface area contributed by atoms with Crippen LogP contribution >= 0.6 is 0 Å². The first-order valence-electron chi connectivity index (χ1n) is 7.74. The number of benzene rings is 1. The van der Waals surface area contributed by atoms with Gasteiger partial charge in [0.25, 0.3) is 0 Å². The summed E-state index contributed by atoms with van der Waals surface area (Å²) in [4.78, 5) is 11.3. The second-order valence-corrected chi connectivity index (χ2v) is 6.24. The van der Waals surface area contributed by atoms with Gasteiger partial charge in [-0.25, -0.2) is 0 Å². The van der Waals surface area contributed by atoms with Gasteiger partial charge in [0.15, 0.2) is 0 Å². The molecule has 1 aromatic carbocycles. The van der Waals surface area contributed by atoms with E-state index in [0.29, 0.717) is 24.4 Å². The lowest BCUT2D eigenvalue weighted by Gasteiger charge is -2.40. The highest BCUT2D eigenvalue weighted by atomic mass is 16.5. The molecule has 114 valence electrons. The molecule has 1 aliphatic carbocycles. The van der Waals surface area contributed by atoms with Crippen LogP contribution in [0.4, 0.5) is 0 Å². The number of fused-ring (bicyclic) bond motifs is 1. The van der Waals surface area contributed by atoms with Gasteiger partial charge in [0, 0.05) is 30.5 Å². The molecule has 1 aliphatic heterocycles. The molecule has 2 aliphatic rings. The predicted molar refractivity (Wildman–Crippen MR) is 80.2 cm³/mol. The van der Waals surface area contributed by atoms with Crippen molar-refractivity contribution in [3.8, 4) is 5.75 Å². The number of ether oxygens (including phenoxy) is 2. The van der Waals surface area contributed by atoms with E-state index in [0.717, 1.165) is 25.0 Å². The minimum Gasteiger partial charge on any atom is -0.490 e. The number of methoxy groups -OCH3 is 1. The van der Waals surface area contributed by atoms with Crippen LogP contribution in [-0.4, -0.2) is 25.2 Å². The highest BCUT2D eigenvalue weighted by Gasteiger charge is 2.34. The van der Waals surface area contributed by atoms with Gasteiger partial charge >= 0.3 is 5.97 Å². The van der Waals surface area contributed by atoms with E-state index in [4.69, 9.17) is 9.47 Å². The van der Waals surface area contributed by atoms with Gasteiger partial charge in [-0.3, -0.25) is 4.79 Å². The number of carbonyl (C=O) groups is 1. The van der Waals surface area contributed by atoms with E-state index in [1.807, 2.05) is 12.1 Å². The number of rotatable bonds is 4. The lowest BCUT2D eigenvalue weighted by Crippen LogP contribution is -2.45. The van der Waals surface area contributed by atoms with Crippen LogP contribution in [0.25, 0.3) is 0 Å². The van der Waals surface area contributed by atoms with Crippen LogP contribution in [0.2, 0.25) is 0 Å². The van der Waals surface area contributed by atoms with Crippen molar-refractivity contribution in [2.24, 2.45) is 5.92 Å². The van der Waals surface area contributed by atoms with Crippen LogP contribution in [-0.2, 0) is 9.53 Å². The maximum Gasteiger partial charge on any atom is 0.305 e. The van der Waals surface area contributed by atoms with Crippen LogP contribution in [0.3, 0.4) is 0 Å². The van der Waals surface area contributed by atoms with Crippen molar-refractivity contribution in [2.45, 2.75) is 50.8 Å². The molecule has 4 nitrogen and oxygen atoms in total. The summed E-state index contributed by atoms with van der Waals surface area (Å²) in [5, 5.41) is 3.73. The molecule has 0 saturated heterocycles. The second-order valence-electron chi connectivity index (χ2n) is 6.24. The lowest BCUT2D eigenvalue weighted by molar-refractivity contribution is -0.142. The molecule has 0 bridgehead atoms. The predicted octanol–water partition coefficient (Wildman–Crippen LogP) is 2.83. The van der Waals surface area contributed by atoms with Crippen LogP contribution in [0.15, 0.2) is 24.3 Å². The normalized spacial score (nSPS) is 30.8. The molecule has 1 fully saturated rings. The Labute approximate surface area is 125 Å². The molecule has 3 rings (SSSR count). The maximum atomic E-state index is 11.3. The number of esters is 1. The topological polar surface area (TPSA) is 47.6 Å². The molecule has 0 amide bonds. The van der Waals surface area contributed by atoms with Crippen LogP contribution in [0.1, 0.15) is 44.2 Å². The molecule has 2 atom stereocenters. The van der Waals surface area contributed by atoms with E-state index in [-0.39, 0.29) is 12.1 Å². The first-order chi connectivity index (χ1) is 10.2. The third kappa shape index (κ3) is 3.21. The largest absolute Gasteiger partial charge is 0.490 e. The van der Waals surface area contributed by atoms with Gasteiger partial charge in [0.2, 0.25) is 0 Å². The number of carbonyl (C=O) groups excluding carboxylic acids is 1. The van der Waals surface area contributed by atoms with Gasteiger partial charge < -0.3 is 14.8 Å². The van der Waals surface area contributed by atoms with Gasteiger partial charge in [-0.1, -0.05) is 18.2 Å². The zero-order valence-corrected chi connectivity index (χ0v) is 12.7. The van der Waals surface area contributed by atoms with Crippen LogP contribution in [0, 0.1) is 5.92 Å². The third-order valence-corrected chi connectivity index (χ3v) is 4.55. The summed E-state index contributed by atoms with van der Waals surface area (Å²) in [6, 6.07) is 9.12. The van der Waals surface area contributed by atoms with Crippen molar-refractivity contribution < 1.29 is 14.3 Å². The van der Waals surface area contributed by atoms with Crippen molar-refractivity contribution in [1.29, 1.82) is 0 Å². The van der Waals surface area contributed by atoms with E-state index in [2.05, 4.69) is 24.4 Å². The average Bonchev–Trinajstić information content (AvgIpc) is 2.44. The monoisotopic (exact) mass is 289 g/mol. The minimum absolute atomic E-state index is 0.0940. The molecule has 1 heterocycles. The molecule has 1 saturated carbocycles. The Morgan fingerprint density at radius 3 is 2.86 bits per heavy atom. The Morgan fingerprint density at radius 1 is 1.33 bits per heavy atom. The molecule has 4 heteroatoms. The fourth-order valence-corrected chi connectivity index (χ4v) is 3.40. The molecule has 0 unspecified atom stereocenters. The molecule has 1 N–H and O–H groups in total. The molecule has 21 heavy (non-hydrogen) atoms. The Hall–Kier alpha value is -1.55. The summed E-state index contributed by atoms with van der Waals surface area (Å²) < 4.78 is 10.6. The highest BCUT2D eigenvalue weighted by molar-refractivity contribution is 5.69. The van der Waals surface area contributed by atoms with Crippen molar-refractivity contribution in [1.82, 2.24) is 5.32 Å². The molecule has 0 radical (unpaired) electrons. The third-order valence-electron chi connectivity index (χ3n) is 4.55. The number of nitrogens with one attached hydrogen (secondary N) is 1. The fraction of sp³-hybridized carbons (Fsp3) is 0.588. The van der Waals surface area contributed by atoms with Crippen molar-refractivity contribution in [3.05, 3.63) is 29.8 Å². The summed E-state index contributed by atoms with van der Waals surface area (Å²) >= 11 is 0. The van der Waals surface area contributed by atoms with Gasteiger partial charge in [0.1, 0.15) is 5.75 Å². The van der Waals surface area contributed by atoms with E-state index in [1.54, 1.807) is 0 Å². The second kappa shape index (κ2) is 6.06. The van der Waals surface area contributed by atoms with Gasteiger partial charge in [-0.2, -0.15) is 0 Å². The maximum absolute atomic E-state index is 11.3. The van der Waals surface area contributed by atoms with Crippen LogP contribution in [0.5, 0.6) is 5.75 Å². The smallest absolute Gasteiger partial charge is 0.305 e. The number of para-hydroxylation sites is 1. The molecule has 0 spiro atoms. The van der Waals surface area contributed by atoms with Crippen molar-refractivity contribution in [3.63, 3.8) is 0 Å². The van der Waals surface area contributed by atoms with Gasteiger partial charge in [-0.15, -0.1) is 0 Å². The fourth-order valence-electron chi connectivity index (χ4n) is 3.40. The molecule has 0 aromatic heterocycles. The van der Waals surface area contributed by atoms with Crippen molar-refractivity contribution >= 4 is 5.97 Å². The summed E-state index contributed by atoms with van der Waals surface area (Å²) in [6.07, 6.45) is 3.90. The molecular weight excluding hydrogens is 266 g/mol. The first-order valence-corrected chi connectivity index (χ1v) is 7.74. The Kier molecular flexibility index (Phi) is 4.15. The summed E-state index contributed by atoms with van der Waals surface area (Å²) in [7, 11) is 1.46. The van der Waals surface area contributed by atoms with Crippen LogP contribution < -0.4 is 10.1 Å². The van der Waals surface area contributed by atoms with E-state index >= 15 is 0 Å². The zero-order chi connectivity index (χ0) is 14.8. The zero-order valence-electron chi connectivity index (χ0n) is 12.7. The average molecular weight is 289 g/mol. The SMILES string of the molecule is COC(=O)CC1CC(N[C@@H]2C[C@@H](C)Oc3ccccc32)C1. The van der Waals surface area contributed by atoms with E-state index in [9.17, 15) is 4.79 Å². The Bertz CT molecular complexity index is 511. The number of hydrogen-bond donors (Lipinski definition) is 1. The Morgan fingerprint density at radius 2 is 2.10 bits per heavy atom. The van der Waals surface area contributed by atoms with E-state index < -0.39 is 0 Å². The minimum atomic E-state index is -0.0940. The summed E-state index contributed by atoms with van der Waals surface area (Å²) in [5.41, 5.74) is 1.26. The standard InChI is InChI=1S/C17H23NO3/c1-11-7-15(14-5-3-4-6-16(14)21-11)18-13-8-12(9-13)10-17(19)20-2/h3-6,11-13,15,18H,7-10H2,1-2H3/t11-,12?,13?,15-/m1/s1. The Balaban J connectivity index is 1.56. The summed E-state index contributed by atoms with van der Waals surface area (Å²) in [6.45, 7) is 2.12. The van der Waals surface area contributed by atoms with Crippen molar-refractivity contribution in [2.75, 3.05) is 7.11 Å².